The molecule has 14 heavy (non-hydrogen) atoms. The molecule has 1 nitrogen and oxygen atoms in total. The minimum absolute atomic E-state index is 0.0522. The summed E-state index contributed by atoms with van der Waals surface area (Å²) >= 11 is 0. The fourth-order valence-electron chi connectivity index (χ4n) is 1.88. The molecule has 1 aliphatic rings. The van der Waals surface area contributed by atoms with Gasteiger partial charge in [-0.05, 0) is 18.3 Å². The van der Waals surface area contributed by atoms with Gasteiger partial charge in [-0.2, -0.15) is 13.2 Å². The summed E-state index contributed by atoms with van der Waals surface area (Å²) in [6, 6.07) is 0.209. The zero-order valence-electron chi connectivity index (χ0n) is 8.91. The third-order valence-electron chi connectivity index (χ3n) is 2.92. The molecule has 4 heteroatoms. The molecule has 0 radical (unpaired) electrons. The van der Waals surface area contributed by atoms with E-state index in [0.717, 1.165) is 0 Å². The Bertz CT molecular complexity index is 163. The Kier molecular flexibility index (Phi) is 3.14. The van der Waals surface area contributed by atoms with Gasteiger partial charge in [0.2, 0.25) is 0 Å². The monoisotopic (exact) mass is 209 g/mol. The normalized spacial score (nSPS) is 30.4. The lowest BCUT2D eigenvalue weighted by atomic mass is 9.80. The second kappa shape index (κ2) is 3.72. The first-order valence-corrected chi connectivity index (χ1v) is 5.01. The molecule has 0 aliphatic carbocycles. The second-order valence-corrected chi connectivity index (χ2v) is 5.14. The van der Waals surface area contributed by atoms with Gasteiger partial charge in [0.25, 0.3) is 0 Å². The van der Waals surface area contributed by atoms with Crippen molar-refractivity contribution >= 4 is 0 Å². The van der Waals surface area contributed by atoms with E-state index in [-0.39, 0.29) is 24.4 Å². The van der Waals surface area contributed by atoms with Gasteiger partial charge in [0.15, 0.2) is 0 Å². The van der Waals surface area contributed by atoms with Crippen molar-refractivity contribution in [2.75, 3.05) is 6.54 Å². The number of rotatable bonds is 0. The SMILES string of the molecule is CC(C)(C)[C@@H]1CC[C@@H](C(F)(F)F)CN1. The molecule has 0 spiro atoms. The summed E-state index contributed by atoms with van der Waals surface area (Å²) in [5, 5.41) is 3.00. The van der Waals surface area contributed by atoms with Crippen LogP contribution in [0.1, 0.15) is 33.6 Å². The molecule has 1 N–H and O–H groups in total. The van der Waals surface area contributed by atoms with Crippen molar-refractivity contribution < 1.29 is 13.2 Å². The van der Waals surface area contributed by atoms with Crippen LogP contribution in [-0.4, -0.2) is 18.8 Å². The molecule has 0 aromatic rings. The molecule has 2 atom stereocenters. The number of halogens is 3. The van der Waals surface area contributed by atoms with Crippen molar-refractivity contribution in [3.05, 3.63) is 0 Å². The van der Waals surface area contributed by atoms with E-state index < -0.39 is 12.1 Å². The van der Waals surface area contributed by atoms with Gasteiger partial charge in [0, 0.05) is 12.6 Å². The third-order valence-corrected chi connectivity index (χ3v) is 2.92. The van der Waals surface area contributed by atoms with Gasteiger partial charge in [-0.3, -0.25) is 0 Å². The van der Waals surface area contributed by atoms with Crippen molar-refractivity contribution in [1.29, 1.82) is 0 Å². The molecule has 0 unspecified atom stereocenters. The maximum Gasteiger partial charge on any atom is 0.393 e. The van der Waals surface area contributed by atoms with Crippen molar-refractivity contribution in [3.63, 3.8) is 0 Å². The lowest BCUT2D eigenvalue weighted by Crippen LogP contribution is -2.49. The number of nitrogens with one attached hydrogen (secondary N) is 1. The van der Waals surface area contributed by atoms with Gasteiger partial charge < -0.3 is 5.32 Å². The van der Waals surface area contributed by atoms with Gasteiger partial charge in [-0.25, -0.2) is 0 Å². The molecule has 0 aromatic carbocycles. The maximum atomic E-state index is 12.3. The first-order chi connectivity index (χ1) is 6.21. The highest BCUT2D eigenvalue weighted by Gasteiger charge is 2.42. The van der Waals surface area contributed by atoms with E-state index in [1.54, 1.807) is 0 Å². The summed E-state index contributed by atoms with van der Waals surface area (Å²) < 4.78 is 37.0. The Morgan fingerprint density at radius 1 is 1.07 bits per heavy atom. The van der Waals surface area contributed by atoms with E-state index in [1.165, 1.54) is 0 Å². The van der Waals surface area contributed by atoms with Gasteiger partial charge >= 0.3 is 6.18 Å². The Hall–Kier alpha value is -0.250. The molecule has 84 valence electrons. The van der Waals surface area contributed by atoms with Crippen molar-refractivity contribution in [2.24, 2.45) is 11.3 Å². The van der Waals surface area contributed by atoms with Crippen molar-refractivity contribution in [3.8, 4) is 0 Å². The van der Waals surface area contributed by atoms with E-state index in [1.807, 2.05) is 0 Å². The molecule has 0 amide bonds. The van der Waals surface area contributed by atoms with Crippen LogP contribution < -0.4 is 5.32 Å². The lowest BCUT2D eigenvalue weighted by molar-refractivity contribution is -0.180. The summed E-state index contributed by atoms with van der Waals surface area (Å²) in [6.07, 6.45) is -3.15. The molecule has 1 rings (SSSR count). The summed E-state index contributed by atoms with van der Waals surface area (Å²) in [5.41, 5.74) is 0.0522. The summed E-state index contributed by atoms with van der Waals surface area (Å²) in [4.78, 5) is 0. The van der Waals surface area contributed by atoms with E-state index in [9.17, 15) is 13.2 Å². The molecule has 0 saturated carbocycles. The van der Waals surface area contributed by atoms with Gasteiger partial charge in [0.05, 0.1) is 5.92 Å². The van der Waals surface area contributed by atoms with Gasteiger partial charge in [-0.1, -0.05) is 20.8 Å². The second-order valence-electron chi connectivity index (χ2n) is 5.14. The zero-order chi connectivity index (χ0) is 11.0. The summed E-state index contributed by atoms with van der Waals surface area (Å²) in [5.74, 6) is -1.15. The highest BCUT2D eigenvalue weighted by Crippen LogP contribution is 2.35. The smallest absolute Gasteiger partial charge is 0.313 e. The number of piperidine rings is 1. The molecular formula is C10H18F3N. The Morgan fingerprint density at radius 2 is 1.64 bits per heavy atom. The average Bonchev–Trinajstić information content (AvgIpc) is 2.01. The molecule has 1 heterocycles. The van der Waals surface area contributed by atoms with Gasteiger partial charge in [0.1, 0.15) is 0 Å². The van der Waals surface area contributed by atoms with Crippen LogP contribution in [0.15, 0.2) is 0 Å². The van der Waals surface area contributed by atoms with E-state index >= 15 is 0 Å². The van der Waals surface area contributed by atoms with Crippen molar-refractivity contribution in [1.82, 2.24) is 5.32 Å². The average molecular weight is 209 g/mol. The third kappa shape index (κ3) is 2.87. The van der Waals surface area contributed by atoms with Crippen LogP contribution in [0.3, 0.4) is 0 Å². The molecule has 1 fully saturated rings. The number of alkyl halides is 3. The van der Waals surface area contributed by atoms with Gasteiger partial charge in [-0.15, -0.1) is 0 Å². The van der Waals surface area contributed by atoms with E-state index in [4.69, 9.17) is 0 Å². The number of hydrogen-bond donors (Lipinski definition) is 1. The highest BCUT2D eigenvalue weighted by molar-refractivity contribution is 4.87. The lowest BCUT2D eigenvalue weighted by Gasteiger charge is -2.38. The minimum atomic E-state index is -4.03. The van der Waals surface area contributed by atoms with Crippen LogP contribution in [0.2, 0.25) is 0 Å². The van der Waals surface area contributed by atoms with Crippen LogP contribution in [0.4, 0.5) is 13.2 Å². The molecule has 0 aromatic heterocycles. The summed E-state index contributed by atoms with van der Waals surface area (Å²) in [6.45, 7) is 6.24. The summed E-state index contributed by atoms with van der Waals surface area (Å²) in [7, 11) is 0. The Balaban J connectivity index is 2.47. The predicted octanol–water partition coefficient (Wildman–Crippen LogP) is 2.96. The molecule has 0 bridgehead atoms. The molecule has 1 saturated heterocycles. The maximum absolute atomic E-state index is 12.3. The van der Waals surface area contributed by atoms with Crippen LogP contribution in [0.5, 0.6) is 0 Å². The standard InChI is InChI=1S/C10H18F3N/c1-9(2,3)8-5-4-7(6-14-8)10(11,12)13/h7-8,14H,4-6H2,1-3H3/t7-,8+/m1/s1. The van der Waals surface area contributed by atoms with Crippen molar-refractivity contribution in [2.45, 2.75) is 45.8 Å². The van der Waals surface area contributed by atoms with Crippen LogP contribution in [-0.2, 0) is 0 Å². The van der Waals surface area contributed by atoms with E-state index in [0.29, 0.717) is 6.42 Å². The van der Waals surface area contributed by atoms with E-state index in [2.05, 4.69) is 26.1 Å². The fraction of sp³-hybridized carbons (Fsp3) is 1.00. The quantitative estimate of drug-likeness (QED) is 0.646. The Labute approximate surface area is 83.1 Å². The largest absolute Gasteiger partial charge is 0.393 e. The minimum Gasteiger partial charge on any atom is -0.313 e. The highest BCUT2D eigenvalue weighted by atomic mass is 19.4. The van der Waals surface area contributed by atoms with Crippen LogP contribution in [0, 0.1) is 11.3 Å². The molecule has 1 aliphatic heterocycles. The van der Waals surface area contributed by atoms with Crippen LogP contribution in [0.25, 0.3) is 0 Å². The first-order valence-electron chi connectivity index (χ1n) is 5.01. The topological polar surface area (TPSA) is 12.0 Å². The molecular weight excluding hydrogens is 191 g/mol. The Morgan fingerprint density at radius 3 is 1.93 bits per heavy atom. The zero-order valence-corrected chi connectivity index (χ0v) is 8.91. The fourth-order valence-corrected chi connectivity index (χ4v) is 1.88. The van der Waals surface area contributed by atoms with Crippen LogP contribution >= 0.6 is 0 Å². The first kappa shape index (κ1) is 11.8. The number of hydrogen-bond acceptors (Lipinski definition) is 1. The predicted molar refractivity (Wildman–Crippen MR) is 50.0 cm³/mol.